The largest absolute Gasteiger partial charge is 0.478 e. The first-order chi connectivity index (χ1) is 12.4. The van der Waals surface area contributed by atoms with Gasteiger partial charge in [0.2, 0.25) is 5.91 Å². The molecule has 1 aliphatic carbocycles. The van der Waals surface area contributed by atoms with Crippen molar-refractivity contribution in [2.24, 2.45) is 0 Å². The summed E-state index contributed by atoms with van der Waals surface area (Å²) in [4.78, 5) is 22.0. The number of aliphatic carboxylic acids is 1. The van der Waals surface area contributed by atoms with Gasteiger partial charge in [-0.05, 0) is 48.9 Å². The third-order valence-electron chi connectivity index (χ3n) is 3.58. The molecule has 1 aromatic carbocycles. The molecule has 144 valence electrons. The van der Waals surface area contributed by atoms with Crippen molar-refractivity contribution in [3.63, 3.8) is 0 Å². The van der Waals surface area contributed by atoms with Gasteiger partial charge in [-0.3, -0.25) is 4.79 Å². The fraction of sp³-hybridized carbons (Fsp3) is 0.444. The van der Waals surface area contributed by atoms with E-state index in [0.29, 0.717) is 18.4 Å². The van der Waals surface area contributed by atoms with E-state index in [1.807, 2.05) is 13.8 Å². The van der Waals surface area contributed by atoms with Gasteiger partial charge in [-0.2, -0.15) is 0 Å². The van der Waals surface area contributed by atoms with Crippen LogP contribution in [0, 0.1) is 11.6 Å². The van der Waals surface area contributed by atoms with Gasteiger partial charge in [0, 0.05) is 19.0 Å². The molecule has 1 aromatic rings. The highest BCUT2D eigenvalue weighted by Crippen LogP contribution is 2.32. The Morgan fingerprint density at radius 2 is 1.88 bits per heavy atom. The summed E-state index contributed by atoms with van der Waals surface area (Å²) >= 11 is 0.990. The number of carboxylic acids is 1. The highest BCUT2D eigenvalue weighted by atomic mass is 32.2. The molecule has 1 atom stereocenters. The van der Waals surface area contributed by atoms with Gasteiger partial charge in [-0.1, -0.05) is 19.9 Å². The molecule has 0 bridgehead atoms. The molecule has 1 unspecified atom stereocenters. The topological polar surface area (TPSA) is 78.4 Å². The molecule has 2 rings (SSSR count). The van der Waals surface area contributed by atoms with Gasteiger partial charge in [0.25, 0.3) is 0 Å². The molecule has 8 heteroatoms. The van der Waals surface area contributed by atoms with Gasteiger partial charge in [-0.15, -0.1) is 0 Å². The first-order valence-corrected chi connectivity index (χ1v) is 9.33. The minimum Gasteiger partial charge on any atom is -0.478 e. The summed E-state index contributed by atoms with van der Waals surface area (Å²) in [7, 11) is 0. The molecular weight excluding hydrogens is 362 g/mol. The van der Waals surface area contributed by atoms with Crippen molar-refractivity contribution in [1.29, 1.82) is 0 Å². The third-order valence-corrected chi connectivity index (χ3v) is 4.67. The number of rotatable bonds is 6. The maximum absolute atomic E-state index is 14.1. The Bertz CT molecular complexity index is 657. The highest BCUT2D eigenvalue weighted by Gasteiger charge is 2.24. The molecule has 0 radical (unpaired) electrons. The summed E-state index contributed by atoms with van der Waals surface area (Å²) in [6.07, 6.45) is 3.80. The average molecular weight is 386 g/mol. The molecular formula is C18H24F2N2O3S. The number of anilines is 1. The van der Waals surface area contributed by atoms with Gasteiger partial charge in [0.1, 0.15) is 5.69 Å². The lowest BCUT2D eigenvalue weighted by atomic mass is 9.99. The van der Waals surface area contributed by atoms with E-state index in [1.54, 1.807) is 6.08 Å². The van der Waals surface area contributed by atoms with E-state index in [0.717, 1.165) is 30.5 Å². The molecule has 0 heterocycles. The van der Waals surface area contributed by atoms with Gasteiger partial charge in [0.05, 0.1) is 5.25 Å². The molecule has 3 N–H and O–H groups in total. The Hall–Kier alpha value is -2.09. The SMILES string of the molecule is CC.CC(=O)NCc1cc(F)c(NSC2CCCC=C2C(=O)O)c(F)c1. The number of carbonyl (C=O) groups is 2. The second-order valence-corrected chi connectivity index (χ2v) is 6.46. The molecule has 0 saturated carbocycles. The van der Waals surface area contributed by atoms with Crippen LogP contribution in [-0.2, 0) is 16.1 Å². The van der Waals surface area contributed by atoms with Crippen molar-refractivity contribution >= 4 is 29.5 Å². The molecule has 1 aliphatic rings. The predicted molar refractivity (Wildman–Crippen MR) is 99.8 cm³/mol. The second kappa shape index (κ2) is 10.8. The van der Waals surface area contributed by atoms with Crippen LogP contribution >= 0.6 is 11.9 Å². The third kappa shape index (κ3) is 6.33. The van der Waals surface area contributed by atoms with Crippen LogP contribution in [0.2, 0.25) is 0 Å². The van der Waals surface area contributed by atoms with Crippen LogP contribution < -0.4 is 10.0 Å². The van der Waals surface area contributed by atoms with Gasteiger partial charge < -0.3 is 15.1 Å². The van der Waals surface area contributed by atoms with E-state index in [-0.39, 0.29) is 29.0 Å². The molecule has 26 heavy (non-hydrogen) atoms. The van der Waals surface area contributed by atoms with Crippen molar-refractivity contribution in [2.45, 2.75) is 51.8 Å². The summed E-state index contributed by atoms with van der Waals surface area (Å²) in [6, 6.07) is 2.27. The minimum absolute atomic E-state index is 0.0329. The van der Waals surface area contributed by atoms with E-state index in [9.17, 15) is 18.4 Å². The number of carbonyl (C=O) groups excluding carboxylic acids is 1. The first-order valence-electron chi connectivity index (χ1n) is 8.46. The highest BCUT2D eigenvalue weighted by molar-refractivity contribution is 8.01. The molecule has 5 nitrogen and oxygen atoms in total. The quantitative estimate of drug-likeness (QED) is 0.637. The van der Waals surface area contributed by atoms with Crippen LogP contribution in [0.3, 0.4) is 0 Å². The number of hydrogen-bond donors (Lipinski definition) is 3. The fourth-order valence-corrected chi connectivity index (χ4v) is 3.44. The normalized spacial score (nSPS) is 16.0. The lowest BCUT2D eigenvalue weighted by Gasteiger charge is -2.21. The summed E-state index contributed by atoms with van der Waals surface area (Å²) in [5, 5.41) is 11.3. The van der Waals surface area contributed by atoms with E-state index in [4.69, 9.17) is 5.11 Å². The number of hydrogen-bond acceptors (Lipinski definition) is 4. The molecule has 1 amide bonds. The van der Waals surface area contributed by atoms with Gasteiger partial charge in [-0.25, -0.2) is 13.6 Å². The maximum atomic E-state index is 14.1. The number of allylic oxidation sites excluding steroid dienone is 1. The second-order valence-electron chi connectivity index (χ2n) is 5.45. The van der Waals surface area contributed by atoms with Crippen molar-refractivity contribution in [3.8, 4) is 0 Å². The Morgan fingerprint density at radius 1 is 1.27 bits per heavy atom. The zero-order chi connectivity index (χ0) is 19.7. The van der Waals surface area contributed by atoms with Gasteiger partial charge >= 0.3 is 5.97 Å². The Balaban J connectivity index is 0.00000163. The van der Waals surface area contributed by atoms with Gasteiger partial charge in [0.15, 0.2) is 11.6 Å². The summed E-state index contributed by atoms with van der Waals surface area (Å²) in [5.41, 5.74) is 0.239. The van der Waals surface area contributed by atoms with E-state index >= 15 is 0 Å². The molecule has 0 aliphatic heterocycles. The number of nitrogens with one attached hydrogen (secondary N) is 2. The summed E-state index contributed by atoms with van der Waals surface area (Å²) in [5.74, 6) is -2.89. The number of halogens is 2. The van der Waals surface area contributed by atoms with Crippen LogP contribution in [0.25, 0.3) is 0 Å². The van der Waals surface area contributed by atoms with E-state index in [2.05, 4.69) is 10.0 Å². The van der Waals surface area contributed by atoms with Crippen LogP contribution in [0.5, 0.6) is 0 Å². The Labute approximate surface area is 156 Å². The molecule has 0 saturated heterocycles. The van der Waals surface area contributed by atoms with Crippen molar-refractivity contribution in [3.05, 3.63) is 41.0 Å². The number of benzene rings is 1. The standard InChI is InChI=1S/C16H18F2N2O3S.C2H6/c1-9(21)19-8-10-6-12(17)15(13(18)7-10)20-24-14-5-3-2-4-11(14)16(22)23;1-2/h4,6-7,14,20H,2-3,5,8H2,1H3,(H,19,21)(H,22,23);1-2H3. The first kappa shape index (κ1) is 22.0. The lowest BCUT2D eigenvalue weighted by molar-refractivity contribution is -0.132. The van der Waals surface area contributed by atoms with E-state index < -0.39 is 17.6 Å². The van der Waals surface area contributed by atoms with Crippen LogP contribution in [-0.4, -0.2) is 22.2 Å². The Morgan fingerprint density at radius 3 is 2.42 bits per heavy atom. The smallest absolute Gasteiger partial charge is 0.332 e. The zero-order valence-electron chi connectivity index (χ0n) is 15.1. The average Bonchev–Trinajstić information content (AvgIpc) is 2.61. The molecule has 0 fully saturated rings. The van der Waals surface area contributed by atoms with Crippen molar-refractivity contribution in [1.82, 2.24) is 5.32 Å². The minimum atomic E-state index is -1.01. The predicted octanol–water partition coefficient (Wildman–Crippen LogP) is 4.25. The summed E-state index contributed by atoms with van der Waals surface area (Å²) in [6.45, 7) is 5.35. The fourth-order valence-electron chi connectivity index (χ4n) is 2.38. The van der Waals surface area contributed by atoms with Crippen LogP contribution in [0.4, 0.5) is 14.5 Å². The monoisotopic (exact) mass is 386 g/mol. The molecule has 0 spiro atoms. The van der Waals surface area contributed by atoms with Crippen molar-refractivity contribution in [2.75, 3.05) is 4.72 Å². The zero-order valence-corrected chi connectivity index (χ0v) is 15.9. The number of carboxylic acid groups (broad SMARTS) is 1. The molecule has 0 aromatic heterocycles. The lowest BCUT2D eigenvalue weighted by Crippen LogP contribution is -2.20. The van der Waals surface area contributed by atoms with Crippen LogP contribution in [0.1, 0.15) is 45.6 Å². The van der Waals surface area contributed by atoms with E-state index in [1.165, 1.54) is 6.92 Å². The summed E-state index contributed by atoms with van der Waals surface area (Å²) < 4.78 is 30.8. The maximum Gasteiger partial charge on any atom is 0.332 e. The van der Waals surface area contributed by atoms with Crippen LogP contribution in [0.15, 0.2) is 23.8 Å². The van der Waals surface area contributed by atoms with Crippen molar-refractivity contribution < 1.29 is 23.5 Å². The Kier molecular flexibility index (Phi) is 9.12. The number of amides is 1.